The van der Waals surface area contributed by atoms with Gasteiger partial charge in [-0.05, 0) is 12.1 Å². The van der Waals surface area contributed by atoms with Gasteiger partial charge < -0.3 is 19.5 Å². The fraction of sp³-hybridized carbons (Fsp3) is 0.333. The molecule has 0 aliphatic rings. The highest BCUT2D eigenvalue weighted by atomic mass is 16.5. The largest absolute Gasteiger partial charge is 0.496 e. The van der Waals surface area contributed by atoms with Crippen molar-refractivity contribution in [1.82, 2.24) is 9.97 Å². The third kappa shape index (κ3) is 3.89. The summed E-state index contributed by atoms with van der Waals surface area (Å²) in [4.78, 5) is 9.40. The Bertz CT molecular complexity index is 916. The summed E-state index contributed by atoms with van der Waals surface area (Å²) in [5.41, 5.74) is 1.82. The van der Waals surface area contributed by atoms with E-state index in [0.717, 1.165) is 28.1 Å². The van der Waals surface area contributed by atoms with Crippen molar-refractivity contribution in [2.75, 3.05) is 26.6 Å². The molecule has 0 fully saturated rings. The Morgan fingerprint density at radius 3 is 2.19 bits per heavy atom. The molecular weight excluding hydrogens is 342 g/mol. The Balaban J connectivity index is 2.00. The molecule has 1 heterocycles. The van der Waals surface area contributed by atoms with Gasteiger partial charge in [-0.1, -0.05) is 26.0 Å². The van der Waals surface area contributed by atoms with Crippen LogP contribution < -0.4 is 19.5 Å². The van der Waals surface area contributed by atoms with Gasteiger partial charge in [-0.2, -0.15) is 0 Å². The van der Waals surface area contributed by atoms with E-state index >= 15 is 0 Å². The van der Waals surface area contributed by atoms with E-state index in [9.17, 15) is 0 Å². The van der Waals surface area contributed by atoms with Crippen LogP contribution in [0.4, 0.5) is 5.82 Å². The van der Waals surface area contributed by atoms with E-state index in [4.69, 9.17) is 19.2 Å². The highest BCUT2D eigenvalue weighted by Gasteiger charge is 2.15. The summed E-state index contributed by atoms with van der Waals surface area (Å²) in [7, 11) is 4.88. The molecule has 0 radical (unpaired) electrons. The van der Waals surface area contributed by atoms with Crippen LogP contribution in [0.3, 0.4) is 0 Å². The first-order valence-electron chi connectivity index (χ1n) is 8.86. The number of benzene rings is 2. The van der Waals surface area contributed by atoms with Gasteiger partial charge in [0.15, 0.2) is 0 Å². The molecule has 0 bridgehead atoms. The Labute approximate surface area is 159 Å². The molecule has 0 saturated carbocycles. The number of nitrogens with zero attached hydrogens (tertiary/aromatic N) is 2. The van der Waals surface area contributed by atoms with Crippen LogP contribution >= 0.6 is 0 Å². The Morgan fingerprint density at radius 1 is 0.926 bits per heavy atom. The van der Waals surface area contributed by atoms with E-state index in [-0.39, 0.29) is 5.92 Å². The molecule has 0 unspecified atom stereocenters. The zero-order valence-corrected chi connectivity index (χ0v) is 16.4. The molecule has 6 nitrogen and oxygen atoms in total. The van der Waals surface area contributed by atoms with Gasteiger partial charge in [0, 0.05) is 30.0 Å². The predicted octanol–water partition coefficient (Wildman–Crippen LogP) is 4.39. The highest BCUT2D eigenvalue weighted by molar-refractivity contribution is 5.89. The van der Waals surface area contributed by atoms with E-state index in [1.165, 1.54) is 0 Å². The van der Waals surface area contributed by atoms with Crippen LogP contribution in [-0.2, 0) is 6.54 Å². The van der Waals surface area contributed by atoms with Crippen LogP contribution in [0.5, 0.6) is 17.2 Å². The normalized spacial score (nSPS) is 10.9. The van der Waals surface area contributed by atoms with E-state index < -0.39 is 0 Å². The Hall–Kier alpha value is -3.02. The SMILES string of the molecule is COc1cc(OC)c(CNc2nc(C(C)C)nc3ccccc23)c(OC)c1. The minimum Gasteiger partial charge on any atom is -0.496 e. The van der Waals surface area contributed by atoms with Crippen LogP contribution in [0.2, 0.25) is 0 Å². The summed E-state index contributed by atoms with van der Waals surface area (Å²) in [5, 5.41) is 4.41. The van der Waals surface area contributed by atoms with Gasteiger partial charge in [0.1, 0.15) is 28.9 Å². The number of aromatic nitrogens is 2. The maximum absolute atomic E-state index is 5.54. The van der Waals surface area contributed by atoms with E-state index in [0.29, 0.717) is 23.8 Å². The maximum Gasteiger partial charge on any atom is 0.137 e. The Kier molecular flexibility index (Phi) is 5.64. The van der Waals surface area contributed by atoms with Gasteiger partial charge >= 0.3 is 0 Å². The molecule has 1 aromatic heterocycles. The van der Waals surface area contributed by atoms with Crippen LogP contribution in [0.1, 0.15) is 31.2 Å². The lowest BCUT2D eigenvalue weighted by Gasteiger charge is -2.17. The van der Waals surface area contributed by atoms with Crippen molar-refractivity contribution >= 4 is 16.7 Å². The molecule has 0 aliphatic heterocycles. The van der Waals surface area contributed by atoms with Crippen molar-refractivity contribution in [2.45, 2.75) is 26.3 Å². The third-order valence-electron chi connectivity index (χ3n) is 4.39. The lowest BCUT2D eigenvalue weighted by Crippen LogP contribution is -2.08. The topological polar surface area (TPSA) is 65.5 Å². The molecule has 1 N–H and O–H groups in total. The number of hydrogen-bond acceptors (Lipinski definition) is 6. The van der Waals surface area contributed by atoms with E-state index in [2.05, 4.69) is 24.1 Å². The minimum absolute atomic E-state index is 0.236. The second-order valence-electron chi connectivity index (χ2n) is 6.47. The Morgan fingerprint density at radius 2 is 1.59 bits per heavy atom. The molecule has 6 heteroatoms. The van der Waals surface area contributed by atoms with Gasteiger partial charge in [0.25, 0.3) is 0 Å². The van der Waals surface area contributed by atoms with Crippen LogP contribution in [-0.4, -0.2) is 31.3 Å². The number of ether oxygens (including phenoxy) is 3. The predicted molar refractivity (Wildman–Crippen MR) is 107 cm³/mol. The first-order valence-corrected chi connectivity index (χ1v) is 8.86. The first kappa shape index (κ1) is 18.8. The summed E-state index contributed by atoms with van der Waals surface area (Å²) in [6.45, 7) is 4.67. The smallest absolute Gasteiger partial charge is 0.137 e. The third-order valence-corrected chi connectivity index (χ3v) is 4.39. The molecule has 142 valence electrons. The monoisotopic (exact) mass is 367 g/mol. The molecule has 0 amide bonds. The average Bonchev–Trinajstić information content (AvgIpc) is 2.70. The lowest BCUT2D eigenvalue weighted by atomic mass is 10.1. The van der Waals surface area contributed by atoms with E-state index in [1.54, 1.807) is 21.3 Å². The zero-order chi connectivity index (χ0) is 19.4. The van der Waals surface area contributed by atoms with Crippen LogP contribution in [0.15, 0.2) is 36.4 Å². The van der Waals surface area contributed by atoms with Crippen molar-refractivity contribution in [2.24, 2.45) is 0 Å². The summed E-state index contributed by atoms with van der Waals surface area (Å²) < 4.78 is 16.4. The number of para-hydroxylation sites is 1. The van der Waals surface area contributed by atoms with Gasteiger partial charge in [-0.3, -0.25) is 0 Å². The number of hydrogen-bond donors (Lipinski definition) is 1. The first-order chi connectivity index (χ1) is 13.1. The van der Waals surface area contributed by atoms with Crippen molar-refractivity contribution in [3.05, 3.63) is 47.8 Å². The van der Waals surface area contributed by atoms with E-state index in [1.807, 2.05) is 36.4 Å². The molecule has 3 rings (SSSR count). The number of fused-ring (bicyclic) bond motifs is 1. The van der Waals surface area contributed by atoms with Crippen molar-refractivity contribution in [3.8, 4) is 17.2 Å². The second kappa shape index (κ2) is 8.12. The van der Waals surface area contributed by atoms with Crippen LogP contribution in [0.25, 0.3) is 10.9 Å². The van der Waals surface area contributed by atoms with Gasteiger partial charge in [-0.15, -0.1) is 0 Å². The summed E-state index contributed by atoms with van der Waals surface area (Å²) in [6, 6.07) is 11.7. The summed E-state index contributed by atoms with van der Waals surface area (Å²) in [6.07, 6.45) is 0. The summed E-state index contributed by atoms with van der Waals surface area (Å²) >= 11 is 0. The van der Waals surface area contributed by atoms with Gasteiger partial charge in [0.05, 0.1) is 32.4 Å². The molecule has 3 aromatic rings. The number of nitrogens with one attached hydrogen (secondary N) is 1. The zero-order valence-electron chi connectivity index (χ0n) is 16.4. The van der Waals surface area contributed by atoms with Crippen molar-refractivity contribution < 1.29 is 14.2 Å². The fourth-order valence-electron chi connectivity index (χ4n) is 2.91. The fourth-order valence-corrected chi connectivity index (χ4v) is 2.91. The second-order valence-corrected chi connectivity index (χ2v) is 6.47. The maximum atomic E-state index is 5.54. The molecule has 0 saturated heterocycles. The quantitative estimate of drug-likeness (QED) is 0.668. The van der Waals surface area contributed by atoms with Crippen molar-refractivity contribution in [3.63, 3.8) is 0 Å². The standard InChI is InChI=1S/C21H25N3O3/c1-13(2)20-23-17-9-7-6-8-15(17)21(24-20)22-12-16-18(26-4)10-14(25-3)11-19(16)27-5/h6-11,13H,12H2,1-5H3,(H,22,23,24). The molecule has 27 heavy (non-hydrogen) atoms. The lowest BCUT2D eigenvalue weighted by molar-refractivity contribution is 0.369. The number of rotatable bonds is 7. The molecule has 0 spiro atoms. The average molecular weight is 367 g/mol. The molecular formula is C21H25N3O3. The van der Waals surface area contributed by atoms with Crippen LogP contribution in [0, 0.1) is 0 Å². The molecule has 0 aliphatic carbocycles. The van der Waals surface area contributed by atoms with Gasteiger partial charge in [-0.25, -0.2) is 9.97 Å². The number of methoxy groups -OCH3 is 3. The summed E-state index contributed by atoms with van der Waals surface area (Å²) in [5.74, 6) is 3.92. The highest BCUT2D eigenvalue weighted by Crippen LogP contribution is 2.35. The minimum atomic E-state index is 0.236. The van der Waals surface area contributed by atoms with Gasteiger partial charge in [0.2, 0.25) is 0 Å². The molecule has 2 aromatic carbocycles. The van der Waals surface area contributed by atoms with Crippen molar-refractivity contribution in [1.29, 1.82) is 0 Å². The molecule has 0 atom stereocenters. The number of anilines is 1.